The van der Waals surface area contributed by atoms with E-state index in [4.69, 9.17) is 16.0 Å². The van der Waals surface area contributed by atoms with E-state index in [2.05, 4.69) is 22.6 Å². The van der Waals surface area contributed by atoms with Crippen LogP contribution in [0.15, 0.2) is 39.5 Å². The van der Waals surface area contributed by atoms with Gasteiger partial charge in [0.1, 0.15) is 28.2 Å². The van der Waals surface area contributed by atoms with Gasteiger partial charge in [-0.2, -0.15) is 0 Å². The van der Waals surface area contributed by atoms with Crippen LogP contribution < -0.4 is 5.43 Å². The molecule has 6 nitrogen and oxygen atoms in total. The van der Waals surface area contributed by atoms with Crippen molar-refractivity contribution in [3.05, 3.63) is 54.7 Å². The Morgan fingerprint density at radius 1 is 1.24 bits per heavy atom. The molecule has 3 N–H and O–H groups in total. The lowest BCUT2D eigenvalue weighted by atomic mass is 9.89. The van der Waals surface area contributed by atoms with E-state index in [1.807, 2.05) is 18.0 Å². The van der Waals surface area contributed by atoms with Crippen molar-refractivity contribution in [2.75, 3.05) is 20.2 Å². The summed E-state index contributed by atoms with van der Waals surface area (Å²) in [5.41, 5.74) is 0.663. The maximum absolute atomic E-state index is 12.9. The molecule has 2 unspecified atom stereocenters. The normalized spacial score (nSPS) is 19.9. The molecule has 2 heterocycles. The number of fused-ring (bicyclic) bond motifs is 1. The quantitative estimate of drug-likeness (QED) is 0.447. The predicted octanol–water partition coefficient (Wildman–Crippen LogP) is 3.91. The van der Waals surface area contributed by atoms with Crippen LogP contribution in [0.5, 0.6) is 11.5 Å². The van der Waals surface area contributed by atoms with Gasteiger partial charge < -0.3 is 24.6 Å². The average Bonchev–Trinajstić information content (AvgIpc) is 3.03. The number of likely N-dealkylation sites (N-methyl/N-ethyl adjacent to an activating group) is 1. The number of halogens is 2. The number of rotatable bonds is 3. The molecule has 2 atom stereocenters. The van der Waals surface area contributed by atoms with E-state index in [1.165, 1.54) is 12.1 Å². The molecule has 1 aromatic heterocycles. The van der Waals surface area contributed by atoms with Crippen molar-refractivity contribution in [3.8, 4) is 22.8 Å². The number of benzene rings is 2. The van der Waals surface area contributed by atoms with Crippen molar-refractivity contribution in [3.63, 3.8) is 0 Å². The first-order valence-corrected chi connectivity index (χ1v) is 10.6. The number of aromatic hydroxyl groups is 2. The smallest absolute Gasteiger partial charge is 0.197 e. The van der Waals surface area contributed by atoms with Gasteiger partial charge in [-0.15, -0.1) is 0 Å². The number of likely N-dealkylation sites (tertiary alicyclic amines) is 1. The fourth-order valence-electron chi connectivity index (χ4n) is 4.11. The topological polar surface area (TPSA) is 94.1 Å². The highest BCUT2D eigenvalue weighted by atomic mass is 127. The molecule has 0 radical (unpaired) electrons. The van der Waals surface area contributed by atoms with Crippen LogP contribution >= 0.6 is 34.2 Å². The highest BCUT2D eigenvalue weighted by Gasteiger charge is 2.36. The van der Waals surface area contributed by atoms with Crippen LogP contribution in [-0.4, -0.2) is 46.5 Å². The van der Waals surface area contributed by atoms with Gasteiger partial charge in [0, 0.05) is 38.8 Å². The average molecular weight is 528 g/mol. The van der Waals surface area contributed by atoms with Crippen LogP contribution in [0.25, 0.3) is 22.3 Å². The molecule has 0 aliphatic carbocycles. The molecule has 29 heavy (non-hydrogen) atoms. The lowest BCUT2D eigenvalue weighted by molar-refractivity contribution is 0.172. The molecule has 152 valence electrons. The molecule has 4 rings (SSSR count). The van der Waals surface area contributed by atoms with Crippen LogP contribution in [0.4, 0.5) is 0 Å². The molecule has 1 saturated heterocycles. The predicted molar refractivity (Wildman–Crippen MR) is 120 cm³/mol. The number of phenols is 2. The lowest BCUT2D eigenvalue weighted by Crippen LogP contribution is -2.32. The minimum Gasteiger partial charge on any atom is -0.507 e. The standard InChI is InChI=1S/C21H19ClINO5/c1-24-5-4-11(14(24)9-25)19-15(26)7-16(27)20-17(28)8-18(29-21(19)20)12-6-10(23)2-3-13(12)22/h2-3,6-8,11,14,25-27H,4-5,9H2,1H3. The minimum absolute atomic E-state index is 0.00884. The molecule has 1 aliphatic rings. The molecule has 0 amide bonds. The molecule has 1 aliphatic heterocycles. The Balaban J connectivity index is 2.03. The molecule has 2 aromatic carbocycles. The molecular weight excluding hydrogens is 509 g/mol. The van der Waals surface area contributed by atoms with Crippen molar-refractivity contribution >= 4 is 45.2 Å². The van der Waals surface area contributed by atoms with Crippen LogP contribution in [0.1, 0.15) is 17.9 Å². The Morgan fingerprint density at radius 2 is 2.00 bits per heavy atom. The zero-order valence-electron chi connectivity index (χ0n) is 15.5. The summed E-state index contributed by atoms with van der Waals surface area (Å²) in [5.74, 6) is -0.507. The molecule has 0 bridgehead atoms. The molecule has 1 fully saturated rings. The number of aliphatic hydroxyl groups is 1. The van der Waals surface area contributed by atoms with Crippen LogP contribution in [0.2, 0.25) is 5.02 Å². The molecular formula is C21H19ClINO5. The number of phenolic OH excluding ortho intramolecular Hbond substituents is 2. The molecule has 0 spiro atoms. The largest absolute Gasteiger partial charge is 0.507 e. The van der Waals surface area contributed by atoms with Gasteiger partial charge in [-0.3, -0.25) is 4.79 Å². The van der Waals surface area contributed by atoms with Crippen LogP contribution in [0, 0.1) is 3.57 Å². The van der Waals surface area contributed by atoms with Crippen molar-refractivity contribution in [1.82, 2.24) is 4.90 Å². The number of nitrogens with zero attached hydrogens (tertiary/aromatic N) is 1. The summed E-state index contributed by atoms with van der Waals surface area (Å²) in [4.78, 5) is 14.9. The number of hydrogen-bond donors (Lipinski definition) is 3. The Kier molecular flexibility index (Phi) is 5.50. The van der Waals surface area contributed by atoms with Crippen LogP contribution in [-0.2, 0) is 0 Å². The first-order chi connectivity index (χ1) is 13.8. The van der Waals surface area contributed by atoms with E-state index in [0.29, 0.717) is 22.6 Å². The van der Waals surface area contributed by atoms with E-state index in [0.717, 1.165) is 10.1 Å². The zero-order chi connectivity index (χ0) is 20.9. The first-order valence-electron chi connectivity index (χ1n) is 9.11. The Bertz CT molecular complexity index is 1160. The third-order valence-corrected chi connectivity index (χ3v) is 6.57. The fraction of sp³-hybridized carbons (Fsp3) is 0.286. The van der Waals surface area contributed by atoms with Crippen LogP contribution in [0.3, 0.4) is 0 Å². The molecule has 3 aromatic rings. The van der Waals surface area contributed by atoms with Gasteiger partial charge in [0.25, 0.3) is 0 Å². The van der Waals surface area contributed by atoms with Crippen molar-refractivity contribution in [1.29, 1.82) is 0 Å². The zero-order valence-corrected chi connectivity index (χ0v) is 18.4. The summed E-state index contributed by atoms with van der Waals surface area (Å²) >= 11 is 8.47. The Hall–Kier alpha value is -1.81. The van der Waals surface area contributed by atoms with E-state index in [9.17, 15) is 20.1 Å². The second kappa shape index (κ2) is 7.79. The summed E-state index contributed by atoms with van der Waals surface area (Å²) in [5, 5.41) is 31.3. The van der Waals surface area contributed by atoms with Gasteiger partial charge >= 0.3 is 0 Å². The summed E-state index contributed by atoms with van der Waals surface area (Å²) in [7, 11) is 1.90. The van der Waals surface area contributed by atoms with Gasteiger partial charge in [0.05, 0.1) is 11.6 Å². The van der Waals surface area contributed by atoms with Gasteiger partial charge in [0.15, 0.2) is 5.43 Å². The highest BCUT2D eigenvalue weighted by Crippen LogP contribution is 2.44. The van der Waals surface area contributed by atoms with Gasteiger partial charge in [-0.1, -0.05) is 11.6 Å². The van der Waals surface area contributed by atoms with Gasteiger partial charge in [-0.05, 0) is 60.8 Å². The van der Waals surface area contributed by atoms with E-state index < -0.39 is 5.43 Å². The highest BCUT2D eigenvalue weighted by molar-refractivity contribution is 14.1. The second-order valence-electron chi connectivity index (χ2n) is 7.26. The Labute approximate surface area is 185 Å². The summed E-state index contributed by atoms with van der Waals surface area (Å²) < 4.78 is 7.01. The van der Waals surface area contributed by atoms with E-state index in [1.54, 1.807) is 12.1 Å². The maximum Gasteiger partial charge on any atom is 0.197 e. The SMILES string of the molecule is CN1CCC(c2c(O)cc(O)c3c(=O)cc(-c4cc(I)ccc4Cl)oc23)C1CO. The maximum atomic E-state index is 12.9. The Morgan fingerprint density at radius 3 is 2.72 bits per heavy atom. The molecule has 0 saturated carbocycles. The lowest BCUT2D eigenvalue weighted by Gasteiger charge is -2.24. The second-order valence-corrected chi connectivity index (χ2v) is 8.91. The van der Waals surface area contributed by atoms with Gasteiger partial charge in [0.2, 0.25) is 0 Å². The third kappa shape index (κ3) is 3.50. The monoisotopic (exact) mass is 527 g/mol. The third-order valence-electron chi connectivity index (χ3n) is 5.57. The fourth-order valence-corrected chi connectivity index (χ4v) is 4.81. The van der Waals surface area contributed by atoms with E-state index in [-0.39, 0.29) is 46.8 Å². The van der Waals surface area contributed by atoms with Crippen molar-refractivity contribution in [2.45, 2.75) is 18.4 Å². The number of aliphatic hydroxyl groups excluding tert-OH is 1. The summed E-state index contributed by atoms with van der Waals surface area (Å²) in [6.45, 7) is 0.625. The van der Waals surface area contributed by atoms with Crippen molar-refractivity contribution in [2.24, 2.45) is 0 Å². The minimum atomic E-state index is -0.429. The molecule has 8 heteroatoms. The van der Waals surface area contributed by atoms with Gasteiger partial charge in [-0.25, -0.2) is 0 Å². The first kappa shape index (κ1) is 20.5. The number of hydrogen-bond acceptors (Lipinski definition) is 6. The van der Waals surface area contributed by atoms with Crippen molar-refractivity contribution < 1.29 is 19.7 Å². The summed E-state index contributed by atoms with van der Waals surface area (Å²) in [6, 6.07) is 7.59. The van der Waals surface area contributed by atoms with E-state index >= 15 is 0 Å². The summed E-state index contributed by atoms with van der Waals surface area (Å²) in [6.07, 6.45) is 0.674.